The first kappa shape index (κ1) is 15.3. The number of aliphatic hydroxyl groups is 1. The molecule has 104 valence electrons. The number of thioether (sulfide) groups is 1. The van der Waals surface area contributed by atoms with E-state index in [0.29, 0.717) is 0 Å². The van der Waals surface area contributed by atoms with Crippen LogP contribution in [0.5, 0.6) is 0 Å². The largest absolute Gasteiger partial charge is 0.463 e. The fourth-order valence-corrected chi connectivity index (χ4v) is 2.87. The molecule has 1 aliphatic heterocycles. The Balaban J connectivity index is 2.67. The van der Waals surface area contributed by atoms with Gasteiger partial charge in [-0.25, -0.2) is 0 Å². The van der Waals surface area contributed by atoms with E-state index in [-0.39, 0.29) is 11.9 Å². The molecule has 0 aromatic rings. The molecule has 1 heterocycles. The molecule has 7 heteroatoms. The highest BCUT2D eigenvalue weighted by molar-refractivity contribution is 8.00. The molecule has 1 rings (SSSR count). The molecule has 0 amide bonds. The lowest BCUT2D eigenvalue weighted by Gasteiger charge is -2.21. The summed E-state index contributed by atoms with van der Waals surface area (Å²) in [6, 6.07) is 0. The summed E-state index contributed by atoms with van der Waals surface area (Å²) in [5.41, 5.74) is 0. The predicted molar refractivity (Wildman–Crippen MR) is 65.0 cm³/mol. The fraction of sp³-hybridized carbons (Fsp3) is 0.818. The van der Waals surface area contributed by atoms with Gasteiger partial charge in [-0.2, -0.15) is 11.8 Å². The van der Waals surface area contributed by atoms with Gasteiger partial charge in [0.05, 0.1) is 5.25 Å². The van der Waals surface area contributed by atoms with Crippen LogP contribution < -0.4 is 0 Å². The van der Waals surface area contributed by atoms with Gasteiger partial charge in [0.2, 0.25) is 0 Å². The van der Waals surface area contributed by atoms with E-state index in [0.717, 1.165) is 5.75 Å². The predicted octanol–water partition coefficient (Wildman–Crippen LogP) is 0.320. The summed E-state index contributed by atoms with van der Waals surface area (Å²) >= 11 is 1.50. The summed E-state index contributed by atoms with van der Waals surface area (Å²) in [6.45, 7) is 4.57. The van der Waals surface area contributed by atoms with Crippen molar-refractivity contribution in [3.63, 3.8) is 0 Å². The van der Waals surface area contributed by atoms with Crippen LogP contribution in [0.2, 0.25) is 0 Å². The van der Waals surface area contributed by atoms with E-state index in [4.69, 9.17) is 14.2 Å². The molecule has 6 nitrogen and oxygen atoms in total. The number of hydrogen-bond acceptors (Lipinski definition) is 7. The van der Waals surface area contributed by atoms with Gasteiger partial charge in [0.1, 0.15) is 12.7 Å². The van der Waals surface area contributed by atoms with Crippen LogP contribution in [-0.4, -0.2) is 53.2 Å². The van der Waals surface area contributed by atoms with Gasteiger partial charge in [-0.15, -0.1) is 0 Å². The lowest BCUT2D eigenvalue weighted by atomic mass is 10.2. The number of carbonyl (C=O) groups excluding carboxylic acids is 2. The van der Waals surface area contributed by atoms with Gasteiger partial charge in [0.15, 0.2) is 12.4 Å². The Bertz CT molecular complexity index is 308. The van der Waals surface area contributed by atoms with Crippen molar-refractivity contribution < 1.29 is 28.9 Å². The topological polar surface area (TPSA) is 82.1 Å². The normalized spacial score (nSPS) is 31.1. The van der Waals surface area contributed by atoms with Gasteiger partial charge in [0, 0.05) is 13.8 Å². The van der Waals surface area contributed by atoms with Gasteiger partial charge < -0.3 is 19.3 Å². The van der Waals surface area contributed by atoms with E-state index in [1.165, 1.54) is 25.6 Å². The van der Waals surface area contributed by atoms with Crippen LogP contribution in [0.25, 0.3) is 0 Å². The summed E-state index contributed by atoms with van der Waals surface area (Å²) in [7, 11) is 0. The summed E-state index contributed by atoms with van der Waals surface area (Å²) in [5, 5.41) is 9.47. The molecule has 0 radical (unpaired) electrons. The molecule has 1 N–H and O–H groups in total. The Labute approximate surface area is 110 Å². The monoisotopic (exact) mass is 278 g/mol. The molecule has 0 unspecified atom stereocenters. The van der Waals surface area contributed by atoms with E-state index in [1.807, 2.05) is 6.92 Å². The Kier molecular flexibility index (Phi) is 5.90. The van der Waals surface area contributed by atoms with Gasteiger partial charge in [-0.05, 0) is 5.75 Å². The molecule has 0 bridgehead atoms. The van der Waals surface area contributed by atoms with Crippen molar-refractivity contribution >= 4 is 23.7 Å². The van der Waals surface area contributed by atoms with Crippen molar-refractivity contribution in [3.05, 3.63) is 0 Å². The van der Waals surface area contributed by atoms with E-state index < -0.39 is 30.4 Å². The van der Waals surface area contributed by atoms with Crippen molar-refractivity contribution in [2.45, 2.75) is 44.5 Å². The molecule has 1 fully saturated rings. The van der Waals surface area contributed by atoms with Crippen LogP contribution in [0.15, 0.2) is 0 Å². The smallest absolute Gasteiger partial charge is 0.303 e. The first-order chi connectivity index (χ1) is 8.45. The van der Waals surface area contributed by atoms with E-state index in [1.54, 1.807) is 0 Å². The van der Waals surface area contributed by atoms with Crippen LogP contribution in [0.1, 0.15) is 20.8 Å². The molecule has 1 aliphatic rings. The second-order valence-corrected chi connectivity index (χ2v) is 5.32. The minimum atomic E-state index is -1.18. The fourth-order valence-electron chi connectivity index (χ4n) is 1.75. The van der Waals surface area contributed by atoms with Crippen LogP contribution in [0.4, 0.5) is 0 Å². The molecule has 0 aromatic carbocycles. The summed E-state index contributed by atoms with van der Waals surface area (Å²) < 4.78 is 15.2. The summed E-state index contributed by atoms with van der Waals surface area (Å²) in [6.07, 6.45) is -2.38. The zero-order chi connectivity index (χ0) is 13.7. The van der Waals surface area contributed by atoms with Gasteiger partial charge in [0.25, 0.3) is 0 Å². The minimum absolute atomic E-state index is 0.0435. The number of rotatable bonds is 5. The summed E-state index contributed by atoms with van der Waals surface area (Å²) in [4.78, 5) is 21.8. The number of ether oxygens (including phenoxy) is 3. The molecule has 4 atom stereocenters. The van der Waals surface area contributed by atoms with Crippen molar-refractivity contribution in [1.82, 2.24) is 0 Å². The maximum atomic E-state index is 11.0. The molecule has 0 aromatic heterocycles. The maximum Gasteiger partial charge on any atom is 0.303 e. The molecular weight excluding hydrogens is 260 g/mol. The van der Waals surface area contributed by atoms with Crippen LogP contribution in [-0.2, 0) is 23.8 Å². The highest BCUT2D eigenvalue weighted by atomic mass is 32.2. The SMILES string of the molecule is CCS[C@@H]1[C@@H](OC(C)=O)[C@H](O)O[C@@H]1COC(C)=O. The minimum Gasteiger partial charge on any atom is -0.463 e. The van der Waals surface area contributed by atoms with Crippen molar-refractivity contribution in [2.24, 2.45) is 0 Å². The van der Waals surface area contributed by atoms with Gasteiger partial charge in [-0.1, -0.05) is 6.92 Å². The van der Waals surface area contributed by atoms with Gasteiger partial charge >= 0.3 is 11.9 Å². The maximum absolute atomic E-state index is 11.0. The lowest BCUT2D eigenvalue weighted by Crippen LogP contribution is -2.36. The zero-order valence-electron chi connectivity index (χ0n) is 10.6. The van der Waals surface area contributed by atoms with Gasteiger partial charge in [-0.3, -0.25) is 9.59 Å². The summed E-state index contributed by atoms with van der Waals surface area (Å²) in [5.74, 6) is -0.114. The lowest BCUT2D eigenvalue weighted by molar-refractivity contribution is -0.170. The quantitative estimate of drug-likeness (QED) is 0.725. The Morgan fingerprint density at radius 2 is 2.00 bits per heavy atom. The zero-order valence-corrected chi connectivity index (χ0v) is 11.4. The average Bonchev–Trinajstić information content (AvgIpc) is 2.54. The Morgan fingerprint density at radius 1 is 1.33 bits per heavy atom. The molecular formula is C11H18O6S. The Morgan fingerprint density at radius 3 is 2.50 bits per heavy atom. The van der Waals surface area contributed by atoms with Crippen molar-refractivity contribution in [3.8, 4) is 0 Å². The molecule has 1 saturated heterocycles. The van der Waals surface area contributed by atoms with E-state index >= 15 is 0 Å². The first-order valence-electron chi connectivity index (χ1n) is 5.71. The second-order valence-electron chi connectivity index (χ2n) is 3.86. The molecule has 0 spiro atoms. The number of esters is 2. The number of hydrogen-bond donors (Lipinski definition) is 1. The molecule has 0 aliphatic carbocycles. The van der Waals surface area contributed by atoms with Crippen LogP contribution >= 0.6 is 11.8 Å². The molecule has 18 heavy (non-hydrogen) atoms. The average molecular weight is 278 g/mol. The third kappa shape index (κ3) is 4.15. The third-order valence-electron chi connectivity index (χ3n) is 2.40. The number of aliphatic hydroxyl groups excluding tert-OH is 1. The highest BCUT2D eigenvalue weighted by Crippen LogP contribution is 2.32. The Hall–Kier alpha value is -0.790. The van der Waals surface area contributed by atoms with Crippen LogP contribution in [0, 0.1) is 0 Å². The van der Waals surface area contributed by atoms with E-state index in [2.05, 4.69) is 0 Å². The highest BCUT2D eigenvalue weighted by Gasteiger charge is 2.46. The van der Waals surface area contributed by atoms with Crippen molar-refractivity contribution in [1.29, 1.82) is 0 Å². The number of carbonyl (C=O) groups is 2. The molecule has 0 saturated carbocycles. The third-order valence-corrected chi connectivity index (χ3v) is 3.69. The standard InChI is InChI=1S/C11H18O6S/c1-4-18-10-8(5-15-6(2)12)17-11(14)9(10)16-7(3)13/h8-11,14H,4-5H2,1-3H3/t8-,9-,10+,11-/m1/s1. The van der Waals surface area contributed by atoms with Crippen LogP contribution in [0.3, 0.4) is 0 Å². The van der Waals surface area contributed by atoms with Crippen molar-refractivity contribution in [2.75, 3.05) is 12.4 Å². The second kappa shape index (κ2) is 6.96. The first-order valence-corrected chi connectivity index (χ1v) is 6.76. The van der Waals surface area contributed by atoms with E-state index in [9.17, 15) is 14.7 Å².